The van der Waals surface area contributed by atoms with Crippen LogP contribution < -0.4 is 0 Å². The molecule has 1 fully saturated rings. The summed E-state index contributed by atoms with van der Waals surface area (Å²) in [5, 5.41) is 9.08. The van der Waals surface area contributed by atoms with Gasteiger partial charge in [0, 0.05) is 18.9 Å². The molecule has 1 saturated heterocycles. The maximum absolute atomic E-state index is 11.3. The van der Waals surface area contributed by atoms with Crippen molar-refractivity contribution in [3.05, 3.63) is 0 Å². The molecule has 0 bridgehead atoms. The Kier molecular flexibility index (Phi) is 5.72. The van der Waals surface area contributed by atoms with Crippen LogP contribution in [0.15, 0.2) is 0 Å². The zero-order chi connectivity index (χ0) is 12.0. The molecule has 0 spiro atoms. The topological polar surface area (TPSA) is 57.6 Å². The number of likely N-dealkylation sites (tertiary alicyclic amines) is 1. The molecule has 0 aromatic heterocycles. The second kappa shape index (κ2) is 6.57. The molecule has 1 aliphatic heterocycles. The van der Waals surface area contributed by atoms with Crippen molar-refractivity contribution in [3.63, 3.8) is 0 Å². The Morgan fingerprint density at radius 1 is 1.44 bits per heavy atom. The van der Waals surface area contributed by atoms with E-state index in [0.29, 0.717) is 18.1 Å². The van der Waals surface area contributed by atoms with E-state index in [9.17, 15) is 8.42 Å². The van der Waals surface area contributed by atoms with Crippen molar-refractivity contribution in [1.82, 2.24) is 4.90 Å². The maximum atomic E-state index is 11.3. The van der Waals surface area contributed by atoms with Crippen molar-refractivity contribution in [2.45, 2.75) is 26.2 Å². The van der Waals surface area contributed by atoms with Crippen molar-refractivity contribution >= 4 is 9.84 Å². The SMILES string of the molecule is CCS(=O)(=O)CCCN1CCCC(CO)C1. The molecule has 1 aliphatic rings. The lowest BCUT2D eigenvalue weighted by Gasteiger charge is -2.31. The molecule has 1 N–H and O–H groups in total. The van der Waals surface area contributed by atoms with Crippen molar-refractivity contribution in [3.8, 4) is 0 Å². The van der Waals surface area contributed by atoms with Crippen LogP contribution >= 0.6 is 0 Å². The third-order valence-electron chi connectivity index (χ3n) is 3.23. The summed E-state index contributed by atoms with van der Waals surface area (Å²) in [6.45, 7) is 4.75. The van der Waals surface area contributed by atoms with Gasteiger partial charge in [0.05, 0.1) is 5.75 Å². The van der Waals surface area contributed by atoms with Gasteiger partial charge in [-0.3, -0.25) is 0 Å². The molecule has 1 unspecified atom stereocenters. The van der Waals surface area contributed by atoms with Gasteiger partial charge in [0.25, 0.3) is 0 Å². The Labute approximate surface area is 98.6 Å². The Morgan fingerprint density at radius 3 is 2.81 bits per heavy atom. The van der Waals surface area contributed by atoms with E-state index in [0.717, 1.165) is 32.5 Å². The number of piperidine rings is 1. The molecule has 96 valence electrons. The summed E-state index contributed by atoms with van der Waals surface area (Å²) in [7, 11) is -2.82. The molecule has 0 radical (unpaired) electrons. The second-order valence-corrected chi connectivity index (χ2v) is 7.05. The van der Waals surface area contributed by atoms with E-state index >= 15 is 0 Å². The van der Waals surface area contributed by atoms with Gasteiger partial charge in [-0.1, -0.05) is 6.92 Å². The van der Waals surface area contributed by atoms with E-state index in [1.807, 2.05) is 0 Å². The van der Waals surface area contributed by atoms with E-state index in [4.69, 9.17) is 5.11 Å². The number of rotatable bonds is 6. The van der Waals surface area contributed by atoms with Gasteiger partial charge in [-0.25, -0.2) is 8.42 Å². The fraction of sp³-hybridized carbons (Fsp3) is 1.00. The molecule has 0 aromatic rings. The summed E-state index contributed by atoms with van der Waals surface area (Å²) in [5.41, 5.74) is 0. The van der Waals surface area contributed by atoms with Crippen LogP contribution in [-0.2, 0) is 9.84 Å². The Morgan fingerprint density at radius 2 is 2.19 bits per heavy atom. The highest BCUT2D eigenvalue weighted by Gasteiger charge is 2.19. The second-order valence-electron chi connectivity index (χ2n) is 4.58. The van der Waals surface area contributed by atoms with E-state index in [-0.39, 0.29) is 12.4 Å². The summed E-state index contributed by atoms with van der Waals surface area (Å²) in [5.74, 6) is 0.923. The Bertz CT molecular complexity index is 290. The van der Waals surface area contributed by atoms with E-state index in [1.54, 1.807) is 6.92 Å². The van der Waals surface area contributed by atoms with Crippen molar-refractivity contribution in [1.29, 1.82) is 0 Å². The van der Waals surface area contributed by atoms with Gasteiger partial charge in [0.1, 0.15) is 9.84 Å². The predicted octanol–water partition coefficient (Wildman–Crippen LogP) is 0.515. The lowest BCUT2D eigenvalue weighted by atomic mass is 9.99. The number of aliphatic hydroxyl groups excluding tert-OH is 1. The summed E-state index contributed by atoms with van der Waals surface area (Å²) >= 11 is 0. The predicted molar refractivity (Wildman–Crippen MR) is 65.2 cm³/mol. The van der Waals surface area contributed by atoms with Crippen molar-refractivity contribution < 1.29 is 13.5 Å². The Hall–Kier alpha value is -0.130. The molecule has 1 heterocycles. The summed E-state index contributed by atoms with van der Waals surface area (Å²) in [4.78, 5) is 2.27. The number of sulfone groups is 1. The molecule has 0 amide bonds. The Balaban J connectivity index is 2.22. The van der Waals surface area contributed by atoms with Gasteiger partial charge in [0.15, 0.2) is 0 Å². The monoisotopic (exact) mass is 249 g/mol. The normalized spacial score (nSPS) is 23.5. The van der Waals surface area contributed by atoms with Crippen LogP contribution in [0.4, 0.5) is 0 Å². The van der Waals surface area contributed by atoms with E-state index in [2.05, 4.69) is 4.90 Å². The number of hydrogen-bond acceptors (Lipinski definition) is 4. The zero-order valence-corrected chi connectivity index (χ0v) is 10.9. The molecule has 1 atom stereocenters. The third kappa shape index (κ3) is 4.80. The smallest absolute Gasteiger partial charge is 0.150 e. The molecule has 16 heavy (non-hydrogen) atoms. The first-order chi connectivity index (χ1) is 7.57. The molecule has 0 aromatic carbocycles. The van der Waals surface area contributed by atoms with Gasteiger partial charge in [-0.15, -0.1) is 0 Å². The maximum Gasteiger partial charge on any atom is 0.150 e. The van der Waals surface area contributed by atoms with Gasteiger partial charge in [-0.05, 0) is 38.3 Å². The first-order valence-electron chi connectivity index (χ1n) is 6.11. The first-order valence-corrected chi connectivity index (χ1v) is 7.93. The highest BCUT2D eigenvalue weighted by atomic mass is 32.2. The summed E-state index contributed by atoms with van der Waals surface area (Å²) in [6, 6.07) is 0. The fourth-order valence-electron chi connectivity index (χ4n) is 2.16. The molecule has 0 aliphatic carbocycles. The molecular weight excluding hydrogens is 226 g/mol. The lowest BCUT2D eigenvalue weighted by Crippen LogP contribution is -2.37. The van der Waals surface area contributed by atoms with E-state index in [1.165, 1.54) is 0 Å². The fourth-order valence-corrected chi connectivity index (χ4v) is 3.01. The zero-order valence-electron chi connectivity index (χ0n) is 10.1. The minimum atomic E-state index is -2.82. The largest absolute Gasteiger partial charge is 0.396 e. The minimum Gasteiger partial charge on any atom is -0.396 e. The first kappa shape index (κ1) is 13.9. The van der Waals surface area contributed by atoms with Crippen molar-refractivity contribution in [2.75, 3.05) is 37.7 Å². The van der Waals surface area contributed by atoms with Crippen LogP contribution in [0.25, 0.3) is 0 Å². The highest BCUT2D eigenvalue weighted by molar-refractivity contribution is 7.91. The quantitative estimate of drug-likeness (QED) is 0.745. The van der Waals surface area contributed by atoms with Crippen LogP contribution in [0.1, 0.15) is 26.2 Å². The standard InChI is InChI=1S/C11H23NO3S/c1-2-16(14,15)8-4-7-12-6-3-5-11(9-12)10-13/h11,13H,2-10H2,1H3. The summed E-state index contributed by atoms with van der Waals surface area (Å²) in [6.07, 6.45) is 2.93. The molecule has 5 heteroatoms. The van der Waals surface area contributed by atoms with Crippen LogP contribution in [0.3, 0.4) is 0 Å². The van der Waals surface area contributed by atoms with Gasteiger partial charge < -0.3 is 10.0 Å². The number of nitrogens with zero attached hydrogens (tertiary/aromatic N) is 1. The average Bonchev–Trinajstić information content (AvgIpc) is 2.29. The molecule has 4 nitrogen and oxygen atoms in total. The van der Waals surface area contributed by atoms with Gasteiger partial charge in [0.2, 0.25) is 0 Å². The van der Waals surface area contributed by atoms with Crippen LogP contribution in [0.5, 0.6) is 0 Å². The number of hydrogen-bond donors (Lipinski definition) is 1. The molecule has 1 rings (SSSR count). The van der Waals surface area contributed by atoms with Gasteiger partial charge >= 0.3 is 0 Å². The molecular formula is C11H23NO3S. The van der Waals surface area contributed by atoms with Crippen LogP contribution in [-0.4, -0.2) is 56.2 Å². The third-order valence-corrected chi connectivity index (χ3v) is 5.02. The lowest BCUT2D eigenvalue weighted by molar-refractivity contribution is 0.121. The van der Waals surface area contributed by atoms with E-state index < -0.39 is 9.84 Å². The van der Waals surface area contributed by atoms with Crippen LogP contribution in [0.2, 0.25) is 0 Å². The van der Waals surface area contributed by atoms with Crippen LogP contribution in [0, 0.1) is 5.92 Å². The highest BCUT2D eigenvalue weighted by Crippen LogP contribution is 2.15. The molecule has 0 saturated carbocycles. The average molecular weight is 249 g/mol. The van der Waals surface area contributed by atoms with Crippen molar-refractivity contribution in [2.24, 2.45) is 5.92 Å². The van der Waals surface area contributed by atoms with Gasteiger partial charge in [-0.2, -0.15) is 0 Å². The minimum absolute atomic E-state index is 0.242. The summed E-state index contributed by atoms with van der Waals surface area (Å²) < 4.78 is 22.6. The number of aliphatic hydroxyl groups is 1.